The monoisotopic (exact) mass is 484 g/mol. The molecule has 5 aliphatic carbocycles. The van der Waals surface area contributed by atoms with Crippen LogP contribution in [0.5, 0.6) is 0 Å². The van der Waals surface area contributed by atoms with Gasteiger partial charge in [-0.2, -0.15) is 0 Å². The van der Waals surface area contributed by atoms with Crippen LogP contribution in [-0.2, 0) is 9.53 Å². The predicted octanol–water partition coefficient (Wildman–Crippen LogP) is 7.57. The molecule has 5 aliphatic rings. The predicted molar refractivity (Wildman–Crippen MR) is 142 cm³/mol. The van der Waals surface area contributed by atoms with Crippen molar-refractivity contribution in [3.63, 3.8) is 0 Å². The van der Waals surface area contributed by atoms with Gasteiger partial charge in [-0.25, -0.2) is 0 Å². The van der Waals surface area contributed by atoms with Crippen LogP contribution in [0.15, 0.2) is 11.6 Å². The number of allylic oxidation sites excluding steroid dienone is 2. The van der Waals surface area contributed by atoms with Crippen LogP contribution >= 0.6 is 0 Å². The molecule has 0 heterocycles. The summed E-state index contributed by atoms with van der Waals surface area (Å²) in [6.07, 6.45) is 12.3. The highest BCUT2D eigenvalue weighted by Crippen LogP contribution is 2.75. The lowest BCUT2D eigenvalue weighted by atomic mass is 9.33. The molecule has 0 aliphatic heterocycles. The van der Waals surface area contributed by atoms with Gasteiger partial charge in [0.2, 0.25) is 0 Å². The molecule has 3 nitrogen and oxygen atoms in total. The summed E-state index contributed by atoms with van der Waals surface area (Å²) in [6, 6.07) is 0. The summed E-state index contributed by atoms with van der Waals surface area (Å²) < 4.78 is 5.80. The first-order chi connectivity index (χ1) is 16.3. The highest BCUT2D eigenvalue weighted by atomic mass is 16.5. The van der Waals surface area contributed by atoms with E-state index in [1.165, 1.54) is 12.8 Å². The van der Waals surface area contributed by atoms with Gasteiger partial charge in [0.25, 0.3) is 0 Å². The average Bonchev–Trinajstić information content (AvgIpc) is 2.79. The summed E-state index contributed by atoms with van der Waals surface area (Å²) in [4.78, 5) is 13.6. The molecule has 10 atom stereocenters. The lowest BCUT2D eigenvalue weighted by Gasteiger charge is -2.71. The third kappa shape index (κ3) is 3.15. The Bertz CT molecular complexity index is 904. The summed E-state index contributed by atoms with van der Waals surface area (Å²) in [5.74, 6) is 2.77. The number of carbonyl (C=O) groups excluding carboxylic acids is 1. The molecule has 3 heteroatoms. The molecule has 198 valence electrons. The van der Waals surface area contributed by atoms with E-state index in [1.54, 1.807) is 5.57 Å². The second-order valence-corrected chi connectivity index (χ2v) is 14.9. The van der Waals surface area contributed by atoms with Crippen LogP contribution in [0.4, 0.5) is 0 Å². The van der Waals surface area contributed by atoms with Crippen LogP contribution in [0.25, 0.3) is 0 Å². The number of aliphatic hydroxyl groups is 1. The van der Waals surface area contributed by atoms with Crippen LogP contribution in [-0.4, -0.2) is 23.8 Å². The van der Waals surface area contributed by atoms with Gasteiger partial charge in [-0.3, -0.25) is 4.79 Å². The minimum Gasteiger partial charge on any atom is -0.466 e. The minimum atomic E-state index is -0.325. The molecule has 0 aromatic rings. The van der Waals surface area contributed by atoms with Gasteiger partial charge >= 0.3 is 5.97 Å². The number of rotatable bonds is 2. The molecule has 0 saturated heterocycles. The standard InChI is InChI=1S/C32H52O3/c1-9-35-27(34)32-17-12-20(2)21(3)26(32)22-10-11-24-29(6)15-14-25(33)28(4,5)23(29)13-16-31(24,8)30(22,7)18-19-32/h10,20-21,23-26,33H,9,11-19H2,1-8H3/t20-,21+,23+,24-,25+,26+,29+,30-,31-,32+/m1/s1. The smallest absolute Gasteiger partial charge is 0.312 e. The summed E-state index contributed by atoms with van der Waals surface area (Å²) in [5, 5.41) is 10.9. The molecule has 4 fully saturated rings. The van der Waals surface area contributed by atoms with Crippen molar-refractivity contribution in [2.24, 2.45) is 56.7 Å². The fourth-order valence-corrected chi connectivity index (χ4v) is 11.1. The van der Waals surface area contributed by atoms with Crippen molar-refractivity contribution in [1.82, 2.24) is 0 Å². The lowest BCUT2D eigenvalue weighted by Crippen LogP contribution is -2.65. The summed E-state index contributed by atoms with van der Waals surface area (Å²) >= 11 is 0. The first kappa shape index (κ1) is 25.8. The van der Waals surface area contributed by atoms with Gasteiger partial charge in [-0.1, -0.05) is 60.1 Å². The van der Waals surface area contributed by atoms with E-state index in [1.807, 2.05) is 6.92 Å². The molecule has 4 saturated carbocycles. The van der Waals surface area contributed by atoms with Gasteiger partial charge in [0, 0.05) is 0 Å². The molecular weight excluding hydrogens is 432 g/mol. The second kappa shape index (κ2) is 8.08. The molecule has 0 amide bonds. The summed E-state index contributed by atoms with van der Waals surface area (Å²) in [7, 11) is 0. The molecule has 1 N–H and O–H groups in total. The van der Waals surface area contributed by atoms with Gasteiger partial charge in [-0.15, -0.1) is 0 Å². The first-order valence-electron chi connectivity index (χ1n) is 14.9. The van der Waals surface area contributed by atoms with Crippen molar-refractivity contribution < 1.29 is 14.6 Å². The van der Waals surface area contributed by atoms with Crippen LogP contribution in [0.3, 0.4) is 0 Å². The Morgan fingerprint density at radius 1 is 0.971 bits per heavy atom. The fraction of sp³-hybridized carbons (Fsp3) is 0.906. The van der Waals surface area contributed by atoms with E-state index in [4.69, 9.17) is 4.74 Å². The fourth-order valence-electron chi connectivity index (χ4n) is 11.1. The third-order valence-electron chi connectivity index (χ3n) is 13.7. The Hall–Kier alpha value is -0.830. The Morgan fingerprint density at radius 2 is 1.69 bits per heavy atom. The first-order valence-corrected chi connectivity index (χ1v) is 14.9. The molecule has 0 spiro atoms. The van der Waals surface area contributed by atoms with E-state index in [9.17, 15) is 9.90 Å². The molecule has 0 aromatic heterocycles. The van der Waals surface area contributed by atoms with Crippen molar-refractivity contribution in [2.75, 3.05) is 6.61 Å². The maximum atomic E-state index is 13.6. The van der Waals surface area contributed by atoms with Gasteiger partial charge in [0.1, 0.15) is 0 Å². The zero-order chi connectivity index (χ0) is 25.6. The highest BCUT2D eigenvalue weighted by molar-refractivity contribution is 5.78. The maximum Gasteiger partial charge on any atom is 0.312 e. The van der Waals surface area contributed by atoms with Gasteiger partial charge in [-0.05, 0) is 116 Å². The van der Waals surface area contributed by atoms with Crippen molar-refractivity contribution >= 4 is 5.97 Å². The number of aliphatic hydroxyl groups excluding tert-OH is 1. The summed E-state index contributed by atoms with van der Waals surface area (Å²) in [6.45, 7) is 19.7. The van der Waals surface area contributed by atoms with E-state index in [2.05, 4.69) is 54.5 Å². The largest absolute Gasteiger partial charge is 0.466 e. The van der Waals surface area contributed by atoms with E-state index >= 15 is 0 Å². The number of ether oxygens (including phenoxy) is 1. The van der Waals surface area contributed by atoms with E-state index in [0.717, 1.165) is 44.9 Å². The lowest BCUT2D eigenvalue weighted by molar-refractivity contribution is -0.207. The van der Waals surface area contributed by atoms with Crippen LogP contribution in [0.2, 0.25) is 0 Å². The number of esters is 1. The topological polar surface area (TPSA) is 46.5 Å². The molecule has 0 aromatic carbocycles. The number of fused-ring (bicyclic) bond motifs is 7. The highest BCUT2D eigenvalue weighted by Gasteiger charge is 2.69. The molecule has 0 radical (unpaired) electrons. The van der Waals surface area contributed by atoms with Crippen molar-refractivity contribution in [3.05, 3.63) is 11.6 Å². The van der Waals surface area contributed by atoms with Gasteiger partial charge in [0.15, 0.2) is 0 Å². The second-order valence-electron chi connectivity index (χ2n) is 14.9. The van der Waals surface area contributed by atoms with Crippen molar-refractivity contribution in [1.29, 1.82) is 0 Å². The normalized spacial score (nSPS) is 52.8. The van der Waals surface area contributed by atoms with E-state index < -0.39 is 0 Å². The number of hydrogen-bond donors (Lipinski definition) is 1. The van der Waals surface area contributed by atoms with Gasteiger partial charge < -0.3 is 9.84 Å². The van der Waals surface area contributed by atoms with Crippen LogP contribution < -0.4 is 0 Å². The third-order valence-corrected chi connectivity index (χ3v) is 13.7. The average molecular weight is 485 g/mol. The van der Waals surface area contributed by atoms with Crippen molar-refractivity contribution in [2.45, 2.75) is 119 Å². The zero-order valence-electron chi connectivity index (χ0n) is 23.9. The van der Waals surface area contributed by atoms with Crippen molar-refractivity contribution in [3.8, 4) is 0 Å². The SMILES string of the molecule is CCOC(=O)[C@]12CC[C@@H](C)[C@H](C)[C@H]1C1=CC[C@@H]3[C@@]4(C)CC[C@H](O)C(C)(C)[C@@H]4CC[C@@]3(C)[C@]1(C)CC2. The maximum absolute atomic E-state index is 13.6. The molecular formula is C32H52O3. The minimum absolute atomic E-state index is 0.0157. The van der Waals surface area contributed by atoms with E-state index in [0.29, 0.717) is 36.2 Å². The molecule has 0 unspecified atom stereocenters. The Balaban J connectivity index is 1.60. The van der Waals surface area contributed by atoms with Crippen LogP contribution in [0, 0.1) is 56.7 Å². The number of carbonyl (C=O) groups is 1. The van der Waals surface area contributed by atoms with Crippen LogP contribution in [0.1, 0.15) is 113 Å². The van der Waals surface area contributed by atoms with E-state index in [-0.39, 0.29) is 39.1 Å². The Labute approximate surface area is 214 Å². The van der Waals surface area contributed by atoms with Gasteiger partial charge in [0.05, 0.1) is 18.1 Å². The number of hydrogen-bond acceptors (Lipinski definition) is 3. The molecule has 0 bridgehead atoms. The Morgan fingerprint density at radius 3 is 2.37 bits per heavy atom. The molecule has 35 heavy (non-hydrogen) atoms. The zero-order valence-corrected chi connectivity index (χ0v) is 23.9. The molecule has 5 rings (SSSR count). The summed E-state index contributed by atoms with van der Waals surface area (Å²) in [5.41, 5.74) is 1.92. The Kier molecular flexibility index (Phi) is 5.96. The quantitative estimate of drug-likeness (QED) is 0.325.